The van der Waals surface area contributed by atoms with Gasteiger partial charge >= 0.3 is 0 Å². The zero-order valence-corrected chi connectivity index (χ0v) is 14.5. The zero-order chi connectivity index (χ0) is 18.6. The van der Waals surface area contributed by atoms with E-state index < -0.39 is 23.0 Å². The highest BCUT2D eigenvalue weighted by Crippen LogP contribution is 2.21. The van der Waals surface area contributed by atoms with Crippen molar-refractivity contribution < 1.29 is 21.6 Å². The third kappa shape index (κ3) is 4.36. The smallest absolute Gasteiger partial charge is 0.257 e. The lowest BCUT2D eigenvalue weighted by molar-refractivity contribution is 0.121. The van der Waals surface area contributed by atoms with Gasteiger partial charge in [0.1, 0.15) is 17.2 Å². The van der Waals surface area contributed by atoms with E-state index in [0.717, 1.165) is 22.6 Å². The monoisotopic (exact) mass is 381 g/mol. The summed E-state index contributed by atoms with van der Waals surface area (Å²) in [6, 6.07) is 12.4. The Bertz CT molecular complexity index is 925. The lowest BCUT2D eigenvalue weighted by atomic mass is 10.2. The van der Waals surface area contributed by atoms with Crippen molar-refractivity contribution in [2.24, 2.45) is 0 Å². The van der Waals surface area contributed by atoms with Crippen molar-refractivity contribution in [3.05, 3.63) is 72.4 Å². The Morgan fingerprint density at radius 3 is 2.54 bits per heavy atom. The van der Waals surface area contributed by atoms with Crippen LogP contribution in [0.25, 0.3) is 0 Å². The Labute approximate surface area is 149 Å². The molecule has 0 aliphatic carbocycles. The maximum absolute atomic E-state index is 13.0. The molecule has 0 saturated carbocycles. The van der Waals surface area contributed by atoms with E-state index in [0.29, 0.717) is 5.76 Å². The summed E-state index contributed by atoms with van der Waals surface area (Å²) in [6.45, 7) is -0.527. The third-order valence-corrected chi connectivity index (χ3v) is 5.43. The molecule has 2 heterocycles. The molecule has 9 heteroatoms. The summed E-state index contributed by atoms with van der Waals surface area (Å²) in [5, 5.41) is 3.72. The van der Waals surface area contributed by atoms with Crippen LogP contribution >= 0.6 is 0 Å². The van der Waals surface area contributed by atoms with Gasteiger partial charge < -0.3 is 4.42 Å². The molecule has 0 N–H and O–H groups in total. The van der Waals surface area contributed by atoms with E-state index in [1.807, 2.05) is 30.3 Å². The fraction of sp³-hybridized carbons (Fsp3) is 0.235. The number of rotatable bonds is 8. The lowest BCUT2D eigenvalue weighted by Crippen LogP contribution is -2.30. The van der Waals surface area contributed by atoms with Gasteiger partial charge in [-0.05, 0) is 17.7 Å². The number of hydrogen-bond donors (Lipinski definition) is 0. The fourth-order valence-electron chi connectivity index (χ4n) is 2.46. The highest BCUT2D eigenvalue weighted by atomic mass is 32.2. The van der Waals surface area contributed by atoms with Gasteiger partial charge in [-0.15, -0.1) is 0 Å². The van der Waals surface area contributed by atoms with Crippen molar-refractivity contribution >= 4 is 10.0 Å². The van der Waals surface area contributed by atoms with Crippen LogP contribution in [-0.4, -0.2) is 28.9 Å². The minimum atomic E-state index is -3.95. The summed E-state index contributed by atoms with van der Waals surface area (Å²) in [5.41, 5.74) is 0.794. The molecule has 3 aromatic rings. The van der Waals surface area contributed by atoms with Gasteiger partial charge in [0.15, 0.2) is 0 Å². The first kappa shape index (κ1) is 18.3. The van der Waals surface area contributed by atoms with Crippen LogP contribution in [0.2, 0.25) is 0 Å². The SMILES string of the molecule is O=S(=O)(c1cnn(CC(F)F)c1)N(Cc1ccccc1)Cc1ccco1. The molecule has 26 heavy (non-hydrogen) atoms. The van der Waals surface area contributed by atoms with Crippen LogP contribution in [-0.2, 0) is 29.7 Å². The molecule has 0 amide bonds. The van der Waals surface area contributed by atoms with Crippen molar-refractivity contribution in [3.8, 4) is 0 Å². The van der Waals surface area contributed by atoms with Gasteiger partial charge in [0.05, 0.1) is 19.0 Å². The molecule has 3 rings (SSSR count). The fourth-order valence-corrected chi connectivity index (χ4v) is 3.81. The summed E-state index contributed by atoms with van der Waals surface area (Å²) in [4.78, 5) is -0.138. The summed E-state index contributed by atoms with van der Waals surface area (Å²) in [7, 11) is -3.95. The summed E-state index contributed by atoms with van der Waals surface area (Å²) < 4.78 is 58.4. The van der Waals surface area contributed by atoms with Crippen LogP contribution in [0, 0.1) is 0 Å². The van der Waals surface area contributed by atoms with E-state index in [9.17, 15) is 17.2 Å². The summed E-state index contributed by atoms with van der Waals surface area (Å²) >= 11 is 0. The Hall–Kier alpha value is -2.52. The normalized spacial score (nSPS) is 12.2. The van der Waals surface area contributed by atoms with Gasteiger partial charge in [0.2, 0.25) is 10.0 Å². The minimum Gasteiger partial charge on any atom is -0.468 e. The molecule has 0 aliphatic rings. The Morgan fingerprint density at radius 2 is 1.88 bits per heavy atom. The molecule has 2 aromatic heterocycles. The molecular weight excluding hydrogens is 364 g/mol. The number of aromatic nitrogens is 2. The molecule has 6 nitrogen and oxygen atoms in total. The van der Waals surface area contributed by atoms with E-state index in [-0.39, 0.29) is 18.0 Å². The van der Waals surface area contributed by atoms with Crippen LogP contribution < -0.4 is 0 Å². The number of alkyl halides is 2. The zero-order valence-electron chi connectivity index (χ0n) is 13.7. The Kier molecular flexibility index (Phi) is 5.48. The second-order valence-electron chi connectivity index (χ2n) is 5.63. The minimum absolute atomic E-state index is 0.0181. The highest BCUT2D eigenvalue weighted by Gasteiger charge is 2.27. The number of benzene rings is 1. The van der Waals surface area contributed by atoms with Gasteiger partial charge in [-0.25, -0.2) is 17.2 Å². The van der Waals surface area contributed by atoms with Gasteiger partial charge in [-0.2, -0.15) is 9.40 Å². The van der Waals surface area contributed by atoms with Crippen molar-refractivity contribution in [1.29, 1.82) is 0 Å². The van der Waals surface area contributed by atoms with Crippen molar-refractivity contribution in [3.63, 3.8) is 0 Å². The molecule has 0 atom stereocenters. The second-order valence-corrected chi connectivity index (χ2v) is 7.57. The Balaban J connectivity index is 1.89. The summed E-state index contributed by atoms with van der Waals surface area (Å²) in [6.07, 6.45) is 1.04. The third-order valence-electron chi connectivity index (χ3n) is 3.69. The first-order valence-corrected chi connectivity index (χ1v) is 9.26. The number of sulfonamides is 1. The molecule has 1 aromatic carbocycles. The second kappa shape index (κ2) is 7.79. The average molecular weight is 381 g/mol. The standard InChI is InChI=1S/C17H17F2N3O3S/c18-17(19)13-21-12-16(9-20-21)26(23,24)22(11-15-7-4-8-25-15)10-14-5-2-1-3-6-14/h1-9,12,17H,10-11,13H2. The molecule has 0 aliphatic heterocycles. The van der Waals surface area contributed by atoms with Gasteiger partial charge in [0.25, 0.3) is 6.43 Å². The molecule has 138 valence electrons. The molecule has 0 fully saturated rings. The molecule has 0 bridgehead atoms. The van der Waals surface area contributed by atoms with Crippen LogP contribution in [0.4, 0.5) is 8.78 Å². The maximum atomic E-state index is 13.0. The number of furan rings is 1. The van der Waals surface area contributed by atoms with Crippen molar-refractivity contribution in [2.75, 3.05) is 0 Å². The first-order valence-electron chi connectivity index (χ1n) is 7.82. The Morgan fingerprint density at radius 1 is 1.12 bits per heavy atom. The van der Waals surface area contributed by atoms with Crippen LogP contribution in [0.15, 0.2) is 70.4 Å². The number of halogens is 2. The molecule has 0 spiro atoms. The molecule has 0 unspecified atom stereocenters. The van der Waals surface area contributed by atoms with Crippen LogP contribution in [0.1, 0.15) is 11.3 Å². The molecule has 0 radical (unpaired) electrons. The topological polar surface area (TPSA) is 68.3 Å². The van der Waals surface area contributed by atoms with Crippen molar-refractivity contribution in [1.82, 2.24) is 14.1 Å². The molecular formula is C17H17F2N3O3S. The van der Waals surface area contributed by atoms with Gasteiger partial charge in [-0.1, -0.05) is 30.3 Å². The lowest BCUT2D eigenvalue weighted by Gasteiger charge is -2.20. The van der Waals surface area contributed by atoms with Crippen LogP contribution in [0.3, 0.4) is 0 Å². The quantitative estimate of drug-likeness (QED) is 0.601. The maximum Gasteiger partial charge on any atom is 0.257 e. The van der Waals surface area contributed by atoms with Gasteiger partial charge in [0, 0.05) is 12.7 Å². The van der Waals surface area contributed by atoms with E-state index in [1.165, 1.54) is 10.6 Å². The van der Waals surface area contributed by atoms with E-state index in [4.69, 9.17) is 4.42 Å². The average Bonchev–Trinajstić information content (AvgIpc) is 3.27. The van der Waals surface area contributed by atoms with E-state index in [2.05, 4.69) is 5.10 Å². The summed E-state index contributed by atoms with van der Waals surface area (Å²) in [5.74, 6) is 0.476. The first-order chi connectivity index (χ1) is 12.4. The number of hydrogen-bond acceptors (Lipinski definition) is 4. The van der Waals surface area contributed by atoms with E-state index in [1.54, 1.807) is 12.1 Å². The number of nitrogens with zero attached hydrogens (tertiary/aromatic N) is 3. The van der Waals surface area contributed by atoms with Crippen molar-refractivity contribution in [2.45, 2.75) is 31.0 Å². The highest BCUT2D eigenvalue weighted by molar-refractivity contribution is 7.89. The van der Waals surface area contributed by atoms with Crippen LogP contribution in [0.5, 0.6) is 0 Å². The molecule has 0 saturated heterocycles. The largest absolute Gasteiger partial charge is 0.468 e. The predicted octanol–water partition coefficient (Wildman–Crippen LogP) is 3.13. The predicted molar refractivity (Wildman–Crippen MR) is 89.8 cm³/mol. The van der Waals surface area contributed by atoms with E-state index >= 15 is 0 Å². The van der Waals surface area contributed by atoms with Gasteiger partial charge in [-0.3, -0.25) is 4.68 Å².